The third-order valence-corrected chi connectivity index (χ3v) is 7.54. The SMILES string of the molecule is C=S(C)(=O)CCCOc1nc(C)c(-c2cccc(COc3ccc(B4OC(=O)CN(C)CC(=O)O4)cc3)c2)cc1C.CC. The highest BCUT2D eigenvalue weighted by Crippen LogP contribution is 2.28. The van der Waals surface area contributed by atoms with Gasteiger partial charge in [0, 0.05) is 34.3 Å². The van der Waals surface area contributed by atoms with E-state index in [1.807, 2.05) is 45.9 Å². The average molecular weight is 609 g/mol. The van der Waals surface area contributed by atoms with Crippen LogP contribution in [0.5, 0.6) is 11.6 Å². The molecule has 2 aromatic carbocycles. The van der Waals surface area contributed by atoms with Crippen molar-refractivity contribution >= 4 is 39.9 Å². The number of carbonyl (C=O) groups excluding carboxylic acids is 2. The van der Waals surface area contributed by atoms with Crippen LogP contribution < -0.4 is 14.9 Å². The molecule has 4 rings (SSSR count). The lowest BCUT2D eigenvalue weighted by atomic mass is 9.78. The minimum atomic E-state index is -2.02. The first kappa shape index (κ1) is 33.7. The van der Waals surface area contributed by atoms with Crippen LogP contribution in [-0.4, -0.2) is 77.8 Å². The molecule has 0 saturated carbocycles. The molecule has 1 fully saturated rings. The van der Waals surface area contributed by atoms with E-state index in [0.29, 0.717) is 42.5 Å². The van der Waals surface area contributed by atoms with E-state index < -0.39 is 28.6 Å². The summed E-state index contributed by atoms with van der Waals surface area (Å²) in [5.74, 6) is 4.47. The number of benzene rings is 2. The van der Waals surface area contributed by atoms with Gasteiger partial charge in [-0.3, -0.25) is 18.7 Å². The molecule has 0 bridgehead atoms. The number of likely N-dealkylation sites (N-methyl/N-ethyl adjacent to an activating group) is 1. The molecule has 0 spiro atoms. The summed E-state index contributed by atoms with van der Waals surface area (Å²) in [5, 5.41) is 0. The number of carbonyl (C=O) groups is 2. The van der Waals surface area contributed by atoms with Gasteiger partial charge in [-0.05, 0) is 78.1 Å². The van der Waals surface area contributed by atoms with Crippen molar-refractivity contribution in [3.05, 3.63) is 71.4 Å². The predicted octanol–water partition coefficient (Wildman–Crippen LogP) is 3.81. The Morgan fingerprint density at radius 3 is 2.28 bits per heavy atom. The highest BCUT2D eigenvalue weighted by molar-refractivity contribution is 7.99. The second-order valence-corrected chi connectivity index (χ2v) is 13.2. The molecule has 43 heavy (non-hydrogen) atoms. The van der Waals surface area contributed by atoms with E-state index in [1.54, 1.807) is 37.6 Å². The smallest absolute Gasteiger partial charge is 0.494 e. The number of aryl methyl sites for hydroxylation is 2. The lowest BCUT2D eigenvalue weighted by Gasteiger charge is -2.22. The molecule has 1 saturated heterocycles. The maximum atomic E-state index is 12.0. The highest BCUT2D eigenvalue weighted by atomic mass is 32.2. The van der Waals surface area contributed by atoms with Crippen LogP contribution >= 0.6 is 0 Å². The molecule has 0 radical (unpaired) electrons. The largest absolute Gasteiger partial charge is 0.636 e. The Morgan fingerprint density at radius 1 is 1.00 bits per heavy atom. The number of rotatable bonds is 10. The van der Waals surface area contributed by atoms with Crippen molar-refractivity contribution in [2.75, 3.05) is 38.8 Å². The minimum Gasteiger partial charge on any atom is -0.494 e. The van der Waals surface area contributed by atoms with Gasteiger partial charge in [-0.15, -0.1) is 0 Å². The molecule has 11 heteroatoms. The molecule has 1 atom stereocenters. The zero-order chi connectivity index (χ0) is 31.6. The number of hydrogen-bond acceptors (Lipinski definition) is 9. The Balaban J connectivity index is 0.00000248. The van der Waals surface area contributed by atoms with Gasteiger partial charge < -0.3 is 18.8 Å². The molecule has 1 unspecified atom stereocenters. The highest BCUT2D eigenvalue weighted by Gasteiger charge is 2.33. The molecule has 3 aromatic rings. The van der Waals surface area contributed by atoms with Crippen molar-refractivity contribution in [1.29, 1.82) is 0 Å². The van der Waals surface area contributed by atoms with Gasteiger partial charge in [0.15, 0.2) is 0 Å². The summed E-state index contributed by atoms with van der Waals surface area (Å²) < 4.78 is 34.3. The van der Waals surface area contributed by atoms with Crippen LogP contribution in [0.2, 0.25) is 0 Å². The van der Waals surface area contributed by atoms with Crippen molar-refractivity contribution < 1.29 is 32.6 Å². The maximum Gasteiger partial charge on any atom is 0.636 e. The fraction of sp³-hybridized carbons (Fsp3) is 0.375. The Hall–Kier alpha value is -3.83. The maximum absolute atomic E-state index is 12.0. The van der Waals surface area contributed by atoms with E-state index in [0.717, 1.165) is 27.9 Å². The van der Waals surface area contributed by atoms with Crippen molar-refractivity contribution in [3.8, 4) is 22.8 Å². The summed E-state index contributed by atoms with van der Waals surface area (Å²) in [5.41, 5.74) is 5.31. The molecule has 1 aliphatic heterocycles. The molecule has 0 N–H and O–H groups in total. The van der Waals surface area contributed by atoms with Crippen LogP contribution in [0.25, 0.3) is 11.1 Å². The van der Waals surface area contributed by atoms with E-state index in [9.17, 15) is 13.8 Å². The third kappa shape index (κ3) is 10.4. The quantitative estimate of drug-likeness (QED) is 0.193. The molecule has 230 valence electrons. The second kappa shape index (κ2) is 15.6. The van der Waals surface area contributed by atoms with Gasteiger partial charge in [-0.25, -0.2) is 4.98 Å². The zero-order valence-corrected chi connectivity index (χ0v) is 26.7. The summed E-state index contributed by atoms with van der Waals surface area (Å²) in [6.45, 7) is 8.72. The third-order valence-electron chi connectivity index (χ3n) is 6.39. The van der Waals surface area contributed by atoms with E-state index in [1.165, 1.54) is 4.90 Å². The molecule has 9 nitrogen and oxygen atoms in total. The summed E-state index contributed by atoms with van der Waals surface area (Å²) in [4.78, 5) is 30.3. The number of aromatic nitrogens is 1. The lowest BCUT2D eigenvalue weighted by molar-refractivity contribution is -0.145. The molecule has 0 aliphatic carbocycles. The van der Waals surface area contributed by atoms with Crippen LogP contribution in [0.1, 0.15) is 37.1 Å². The van der Waals surface area contributed by atoms with E-state index in [-0.39, 0.29) is 13.1 Å². The Morgan fingerprint density at radius 2 is 1.65 bits per heavy atom. The molecule has 0 amide bonds. The monoisotopic (exact) mass is 608 g/mol. The van der Waals surface area contributed by atoms with Gasteiger partial charge in [-0.1, -0.05) is 44.2 Å². The van der Waals surface area contributed by atoms with E-state index in [4.69, 9.17) is 18.8 Å². The normalized spacial score (nSPS) is 15.2. The molecule has 1 aromatic heterocycles. The van der Waals surface area contributed by atoms with Crippen molar-refractivity contribution in [2.45, 2.75) is 40.7 Å². The first-order chi connectivity index (χ1) is 20.5. The first-order valence-electron chi connectivity index (χ1n) is 14.3. The topological polar surface area (TPSA) is 104 Å². The van der Waals surface area contributed by atoms with Gasteiger partial charge in [0.25, 0.3) is 0 Å². The lowest BCUT2D eigenvalue weighted by Crippen LogP contribution is -2.47. The Bertz CT molecular complexity index is 1490. The minimum absolute atomic E-state index is 0.0137. The standard InChI is InChI=1S/C30H35BN2O7S.C2H6/c1-21-16-27(22(2)32-30(21)37-14-7-15-41(4,5)36)24-9-6-8-23(17-24)20-38-26-12-10-25(11-13-26)31-39-28(34)18-33(3)19-29(35)40-31;1-2/h6,8-13,16-17H,4,7,14-15,18-20H2,1-3,5H3;1-2H3. The summed E-state index contributed by atoms with van der Waals surface area (Å²) in [6, 6.07) is 17.0. The average Bonchev–Trinajstić information content (AvgIpc) is 2.95. The predicted molar refractivity (Wildman–Crippen MR) is 173 cm³/mol. The molecular formula is C32H41BN2O7S. The summed E-state index contributed by atoms with van der Waals surface area (Å²) >= 11 is 0. The fourth-order valence-corrected chi connectivity index (χ4v) is 5.07. The van der Waals surface area contributed by atoms with E-state index in [2.05, 4.69) is 23.0 Å². The van der Waals surface area contributed by atoms with Crippen LogP contribution in [0.15, 0.2) is 54.6 Å². The van der Waals surface area contributed by atoms with Gasteiger partial charge in [0.05, 0.1) is 19.7 Å². The Labute approximate surface area is 255 Å². The molecule has 2 heterocycles. The van der Waals surface area contributed by atoms with Gasteiger partial charge >= 0.3 is 19.1 Å². The number of hydrogen-bond donors (Lipinski definition) is 0. The number of nitrogens with zero attached hydrogens (tertiary/aromatic N) is 2. The van der Waals surface area contributed by atoms with Crippen molar-refractivity contribution in [2.24, 2.45) is 0 Å². The van der Waals surface area contributed by atoms with Crippen molar-refractivity contribution in [3.63, 3.8) is 0 Å². The number of ether oxygens (including phenoxy) is 2. The van der Waals surface area contributed by atoms with Crippen LogP contribution in [0.3, 0.4) is 0 Å². The van der Waals surface area contributed by atoms with Crippen molar-refractivity contribution in [1.82, 2.24) is 9.88 Å². The molecule has 1 aliphatic rings. The second-order valence-electron chi connectivity index (χ2n) is 10.4. The van der Waals surface area contributed by atoms with Crippen LogP contribution in [-0.2, 0) is 35.0 Å². The Kier molecular flexibility index (Phi) is 12.2. The zero-order valence-electron chi connectivity index (χ0n) is 25.9. The molecular weight excluding hydrogens is 567 g/mol. The number of pyridine rings is 1. The first-order valence-corrected chi connectivity index (χ1v) is 16.6. The fourth-order valence-electron chi connectivity index (χ4n) is 4.34. The van der Waals surface area contributed by atoms with E-state index >= 15 is 0 Å². The van der Waals surface area contributed by atoms with Crippen LogP contribution in [0.4, 0.5) is 0 Å². The van der Waals surface area contributed by atoms with Gasteiger partial charge in [0.1, 0.15) is 12.4 Å². The summed E-state index contributed by atoms with van der Waals surface area (Å²) in [6.07, 6.45) is 2.31. The van der Waals surface area contributed by atoms with Gasteiger partial charge in [-0.2, -0.15) is 0 Å². The van der Waals surface area contributed by atoms with Crippen LogP contribution in [0, 0.1) is 13.8 Å². The van der Waals surface area contributed by atoms with Gasteiger partial charge in [0.2, 0.25) is 5.88 Å². The summed E-state index contributed by atoms with van der Waals surface area (Å²) in [7, 11) is -1.46.